The number of fused-ring (bicyclic) bond motifs is 1. The van der Waals surface area contributed by atoms with Crippen LogP contribution in [0.4, 0.5) is 4.39 Å². The Morgan fingerprint density at radius 1 is 0.964 bits per heavy atom. The van der Waals surface area contributed by atoms with Crippen LogP contribution in [0, 0.1) is 17.7 Å². The predicted octanol–water partition coefficient (Wildman–Crippen LogP) is 5.16. The van der Waals surface area contributed by atoms with Crippen LogP contribution >= 0.6 is 0 Å². The fourth-order valence-corrected chi connectivity index (χ4v) is 3.17. The Morgan fingerprint density at radius 3 is 2.57 bits per heavy atom. The quantitative estimate of drug-likeness (QED) is 0.392. The fourth-order valence-electron chi connectivity index (χ4n) is 3.17. The molecule has 0 radical (unpaired) electrons. The van der Waals surface area contributed by atoms with E-state index in [1.807, 2.05) is 36.4 Å². The van der Waals surface area contributed by atoms with E-state index in [1.165, 1.54) is 7.11 Å². The second-order valence-electron chi connectivity index (χ2n) is 6.20. The molecule has 3 aromatic carbocycles. The lowest BCUT2D eigenvalue weighted by Crippen LogP contribution is -2.06. The summed E-state index contributed by atoms with van der Waals surface area (Å²) in [6, 6.07) is 19.9. The van der Waals surface area contributed by atoms with E-state index in [4.69, 9.17) is 4.74 Å². The monoisotopic (exact) mass is 369 g/mol. The van der Waals surface area contributed by atoms with Crippen LogP contribution in [-0.2, 0) is 4.74 Å². The highest BCUT2D eigenvalue weighted by Crippen LogP contribution is 2.33. The molecule has 136 valence electrons. The van der Waals surface area contributed by atoms with Gasteiger partial charge in [-0.15, -0.1) is 0 Å². The molecule has 0 unspecified atom stereocenters. The van der Waals surface area contributed by atoms with Crippen LogP contribution in [0.25, 0.3) is 22.0 Å². The maximum absolute atomic E-state index is 15.2. The summed E-state index contributed by atoms with van der Waals surface area (Å²) in [6.45, 7) is 0. The molecule has 0 aliphatic rings. The first kappa shape index (κ1) is 17.6. The van der Waals surface area contributed by atoms with Crippen molar-refractivity contribution in [3.05, 3.63) is 95.4 Å². The van der Waals surface area contributed by atoms with Gasteiger partial charge in [-0.1, -0.05) is 48.2 Å². The molecule has 0 spiro atoms. The number of benzene rings is 3. The van der Waals surface area contributed by atoms with Crippen LogP contribution in [0.5, 0.6) is 0 Å². The molecule has 4 rings (SSSR count). The largest absolute Gasteiger partial charge is 0.465 e. The summed E-state index contributed by atoms with van der Waals surface area (Å²) in [5.41, 5.74) is 2.76. The SMILES string of the molecule is COC(=O)c1cccc(C#Cc2ccccc2)c1-c1ccc2cc[nH]c2c1F. The number of halogens is 1. The van der Waals surface area contributed by atoms with Crippen molar-refractivity contribution < 1.29 is 13.9 Å². The number of methoxy groups -OCH3 is 1. The molecule has 0 aliphatic heterocycles. The van der Waals surface area contributed by atoms with E-state index in [1.54, 1.807) is 36.5 Å². The summed E-state index contributed by atoms with van der Waals surface area (Å²) >= 11 is 0. The van der Waals surface area contributed by atoms with Gasteiger partial charge in [0.25, 0.3) is 0 Å². The van der Waals surface area contributed by atoms with Crippen LogP contribution in [0.2, 0.25) is 0 Å². The molecule has 28 heavy (non-hydrogen) atoms. The number of H-pyrrole nitrogens is 1. The molecular formula is C24H16FNO2. The van der Waals surface area contributed by atoms with Gasteiger partial charge >= 0.3 is 5.97 Å². The van der Waals surface area contributed by atoms with Crippen LogP contribution in [0.1, 0.15) is 21.5 Å². The molecule has 1 heterocycles. The zero-order valence-corrected chi connectivity index (χ0v) is 15.1. The minimum Gasteiger partial charge on any atom is -0.465 e. The second-order valence-corrected chi connectivity index (χ2v) is 6.20. The van der Waals surface area contributed by atoms with Crippen molar-refractivity contribution in [2.45, 2.75) is 0 Å². The molecule has 3 nitrogen and oxygen atoms in total. The molecule has 4 aromatic rings. The third-order valence-electron chi connectivity index (χ3n) is 4.52. The van der Waals surface area contributed by atoms with Gasteiger partial charge in [-0.25, -0.2) is 9.18 Å². The van der Waals surface area contributed by atoms with Crippen molar-refractivity contribution in [1.29, 1.82) is 0 Å². The van der Waals surface area contributed by atoms with Crippen molar-refractivity contribution in [1.82, 2.24) is 4.98 Å². The summed E-state index contributed by atoms with van der Waals surface area (Å²) in [5, 5.41) is 0.758. The normalized spacial score (nSPS) is 10.4. The van der Waals surface area contributed by atoms with Crippen molar-refractivity contribution in [3.8, 4) is 23.0 Å². The van der Waals surface area contributed by atoms with E-state index < -0.39 is 11.8 Å². The number of hydrogen-bond acceptors (Lipinski definition) is 2. The van der Waals surface area contributed by atoms with Crippen LogP contribution in [-0.4, -0.2) is 18.1 Å². The van der Waals surface area contributed by atoms with E-state index in [0.29, 0.717) is 22.2 Å². The van der Waals surface area contributed by atoms with Crippen molar-refractivity contribution in [2.75, 3.05) is 7.11 Å². The standard InChI is InChI=1S/C24H16FNO2/c1-28-24(27)20-9-5-8-17(11-10-16-6-3-2-4-7-16)21(20)19-13-12-18-14-15-26-23(18)22(19)25/h2-9,12-15,26H,1H3. The molecule has 0 saturated heterocycles. The van der Waals surface area contributed by atoms with E-state index >= 15 is 4.39 Å². The first-order valence-corrected chi connectivity index (χ1v) is 8.73. The number of aromatic nitrogens is 1. The van der Waals surface area contributed by atoms with Gasteiger partial charge in [0.1, 0.15) is 0 Å². The Bertz CT molecular complexity index is 1230. The maximum Gasteiger partial charge on any atom is 0.338 e. The second kappa shape index (κ2) is 7.42. The Morgan fingerprint density at radius 2 is 1.79 bits per heavy atom. The van der Waals surface area contributed by atoms with E-state index in [0.717, 1.165) is 10.9 Å². The smallest absolute Gasteiger partial charge is 0.338 e. The minimum absolute atomic E-state index is 0.271. The third-order valence-corrected chi connectivity index (χ3v) is 4.52. The highest BCUT2D eigenvalue weighted by molar-refractivity contribution is 6.00. The molecule has 1 aromatic heterocycles. The van der Waals surface area contributed by atoms with Gasteiger partial charge in [0.15, 0.2) is 5.82 Å². The van der Waals surface area contributed by atoms with Crippen LogP contribution < -0.4 is 0 Å². The Labute approximate surface area is 161 Å². The Kier molecular flexibility index (Phi) is 4.65. The highest BCUT2D eigenvalue weighted by Gasteiger charge is 2.20. The molecule has 0 amide bonds. The molecule has 0 fully saturated rings. The number of rotatable bonds is 2. The molecule has 0 saturated carbocycles. The summed E-state index contributed by atoms with van der Waals surface area (Å²) in [5.74, 6) is 5.19. The number of aromatic amines is 1. The van der Waals surface area contributed by atoms with E-state index in [2.05, 4.69) is 16.8 Å². The van der Waals surface area contributed by atoms with Crippen molar-refractivity contribution in [3.63, 3.8) is 0 Å². The molecule has 0 bridgehead atoms. The Hall–Kier alpha value is -3.84. The lowest BCUT2D eigenvalue weighted by molar-refractivity contribution is 0.0601. The number of ether oxygens (including phenoxy) is 1. The first-order valence-electron chi connectivity index (χ1n) is 8.73. The fraction of sp³-hybridized carbons (Fsp3) is 0.0417. The van der Waals surface area contributed by atoms with Crippen molar-refractivity contribution >= 4 is 16.9 Å². The molecule has 1 N–H and O–H groups in total. The zero-order valence-electron chi connectivity index (χ0n) is 15.1. The predicted molar refractivity (Wildman–Crippen MR) is 107 cm³/mol. The molecular weight excluding hydrogens is 353 g/mol. The topological polar surface area (TPSA) is 42.1 Å². The van der Waals surface area contributed by atoms with Gasteiger partial charge in [0.05, 0.1) is 18.2 Å². The van der Waals surface area contributed by atoms with Gasteiger partial charge in [0.2, 0.25) is 0 Å². The molecule has 0 atom stereocenters. The first-order chi connectivity index (χ1) is 13.7. The third kappa shape index (κ3) is 3.15. The molecule has 0 aliphatic carbocycles. The van der Waals surface area contributed by atoms with Gasteiger partial charge < -0.3 is 9.72 Å². The minimum atomic E-state index is -0.538. The number of nitrogens with one attached hydrogen (secondary N) is 1. The lowest BCUT2D eigenvalue weighted by atomic mass is 9.93. The zero-order chi connectivity index (χ0) is 19.5. The average Bonchev–Trinajstić information content (AvgIpc) is 3.22. The number of carbonyl (C=O) groups is 1. The molecule has 4 heteroatoms. The number of hydrogen-bond donors (Lipinski definition) is 1. The summed E-state index contributed by atoms with van der Waals surface area (Å²) in [4.78, 5) is 15.3. The van der Waals surface area contributed by atoms with Gasteiger partial charge in [0, 0.05) is 33.8 Å². The summed E-state index contributed by atoms with van der Waals surface area (Å²) in [7, 11) is 1.30. The van der Waals surface area contributed by atoms with Crippen LogP contribution in [0.15, 0.2) is 72.9 Å². The summed E-state index contributed by atoms with van der Waals surface area (Å²) in [6.07, 6.45) is 1.68. The number of esters is 1. The van der Waals surface area contributed by atoms with E-state index in [9.17, 15) is 4.79 Å². The van der Waals surface area contributed by atoms with Gasteiger partial charge in [-0.3, -0.25) is 0 Å². The average molecular weight is 369 g/mol. The van der Waals surface area contributed by atoms with Gasteiger partial charge in [-0.2, -0.15) is 0 Å². The van der Waals surface area contributed by atoms with Crippen molar-refractivity contribution in [2.24, 2.45) is 0 Å². The highest BCUT2D eigenvalue weighted by atomic mass is 19.1. The lowest BCUT2D eigenvalue weighted by Gasteiger charge is -2.12. The number of carbonyl (C=O) groups excluding carboxylic acids is 1. The Balaban J connectivity index is 1.96. The summed E-state index contributed by atoms with van der Waals surface area (Å²) < 4.78 is 20.2. The van der Waals surface area contributed by atoms with Gasteiger partial charge in [-0.05, 0) is 30.3 Å². The maximum atomic E-state index is 15.2. The van der Waals surface area contributed by atoms with E-state index in [-0.39, 0.29) is 5.56 Å². The van der Waals surface area contributed by atoms with Crippen LogP contribution in [0.3, 0.4) is 0 Å².